The Morgan fingerprint density at radius 3 is 2.41 bits per heavy atom. The lowest BCUT2D eigenvalue weighted by atomic mass is 10.1. The minimum Gasteiger partial charge on any atom is -0.496 e. The van der Waals surface area contributed by atoms with Gasteiger partial charge in [-0.25, -0.2) is 4.83 Å². The van der Waals surface area contributed by atoms with Crippen LogP contribution in [0.2, 0.25) is 0 Å². The first-order chi connectivity index (χ1) is 14.0. The first kappa shape index (κ1) is 20.4. The molecular weight excluding hydrogens is 388 g/mol. The second-order valence-electron chi connectivity index (χ2n) is 6.29. The fraction of sp³-hybridized carbons (Fsp3) is 0.136. The second-order valence-corrected chi connectivity index (χ2v) is 7.95. The summed E-state index contributed by atoms with van der Waals surface area (Å²) in [5.74, 6) is 1.48. The lowest BCUT2D eigenvalue weighted by molar-refractivity contribution is 0.295. The number of hydrogen-bond acceptors (Lipinski definition) is 5. The average Bonchev–Trinajstić information content (AvgIpc) is 2.74. The van der Waals surface area contributed by atoms with Gasteiger partial charge in [0, 0.05) is 5.56 Å². The topological polar surface area (TPSA) is 77.0 Å². The zero-order chi connectivity index (χ0) is 20.7. The molecule has 3 aromatic carbocycles. The molecule has 1 N–H and O–H groups in total. The lowest BCUT2D eigenvalue weighted by Crippen LogP contribution is -2.18. The number of nitrogens with zero attached hydrogens (tertiary/aromatic N) is 1. The maximum absolute atomic E-state index is 12.2. The highest BCUT2D eigenvalue weighted by Crippen LogP contribution is 2.23. The number of ether oxygens (including phenoxy) is 2. The predicted molar refractivity (Wildman–Crippen MR) is 113 cm³/mol. The monoisotopic (exact) mass is 410 g/mol. The van der Waals surface area contributed by atoms with Gasteiger partial charge in [-0.3, -0.25) is 0 Å². The minimum atomic E-state index is -3.70. The third kappa shape index (κ3) is 5.36. The average molecular weight is 410 g/mol. The van der Waals surface area contributed by atoms with E-state index in [-0.39, 0.29) is 4.90 Å². The number of para-hydroxylation sites is 1. The summed E-state index contributed by atoms with van der Waals surface area (Å²) < 4.78 is 35.7. The highest BCUT2D eigenvalue weighted by Gasteiger charge is 2.11. The SMILES string of the molecule is COc1ccc(/C=N\NS(=O)(=O)c2ccccc2)cc1COc1ccccc1C. The van der Waals surface area contributed by atoms with Crippen molar-refractivity contribution in [2.75, 3.05) is 7.11 Å². The summed E-state index contributed by atoms with van der Waals surface area (Å²) in [6.07, 6.45) is 1.44. The van der Waals surface area contributed by atoms with Crippen molar-refractivity contribution in [2.24, 2.45) is 5.10 Å². The van der Waals surface area contributed by atoms with Crippen LogP contribution >= 0.6 is 0 Å². The van der Waals surface area contributed by atoms with Gasteiger partial charge in [-0.05, 0) is 54.4 Å². The molecule has 0 aliphatic carbocycles. The van der Waals surface area contributed by atoms with Crippen LogP contribution in [0.5, 0.6) is 11.5 Å². The molecule has 3 aromatic rings. The molecule has 0 aliphatic rings. The van der Waals surface area contributed by atoms with Crippen LogP contribution in [0.4, 0.5) is 0 Å². The summed E-state index contributed by atoms with van der Waals surface area (Å²) in [6.45, 7) is 2.29. The van der Waals surface area contributed by atoms with Gasteiger partial charge in [0.1, 0.15) is 18.1 Å². The van der Waals surface area contributed by atoms with E-state index >= 15 is 0 Å². The van der Waals surface area contributed by atoms with E-state index in [2.05, 4.69) is 9.93 Å². The van der Waals surface area contributed by atoms with E-state index in [0.29, 0.717) is 17.9 Å². The van der Waals surface area contributed by atoms with E-state index in [4.69, 9.17) is 9.47 Å². The number of hydrogen-bond donors (Lipinski definition) is 1. The summed E-state index contributed by atoms with van der Waals surface area (Å²) >= 11 is 0. The molecule has 0 atom stereocenters. The quantitative estimate of drug-likeness (QED) is 0.451. The van der Waals surface area contributed by atoms with E-state index in [1.807, 2.05) is 37.3 Å². The maximum atomic E-state index is 12.2. The van der Waals surface area contributed by atoms with Crippen molar-refractivity contribution >= 4 is 16.2 Å². The van der Waals surface area contributed by atoms with Crippen molar-refractivity contribution in [3.63, 3.8) is 0 Å². The van der Waals surface area contributed by atoms with Crippen LogP contribution in [0.25, 0.3) is 0 Å². The fourth-order valence-electron chi connectivity index (χ4n) is 2.69. The molecule has 29 heavy (non-hydrogen) atoms. The van der Waals surface area contributed by atoms with Gasteiger partial charge in [-0.1, -0.05) is 36.4 Å². The summed E-state index contributed by atoms with van der Waals surface area (Å²) in [4.78, 5) is 2.37. The Labute approximate surface area is 170 Å². The molecule has 0 unspecified atom stereocenters. The molecule has 0 spiro atoms. The van der Waals surface area contributed by atoms with E-state index in [0.717, 1.165) is 16.9 Å². The lowest BCUT2D eigenvalue weighted by Gasteiger charge is -2.12. The van der Waals surface area contributed by atoms with Crippen LogP contribution in [0.3, 0.4) is 0 Å². The first-order valence-corrected chi connectivity index (χ1v) is 10.4. The Balaban J connectivity index is 1.73. The smallest absolute Gasteiger partial charge is 0.276 e. The highest BCUT2D eigenvalue weighted by molar-refractivity contribution is 7.89. The third-order valence-corrected chi connectivity index (χ3v) is 5.46. The molecule has 0 amide bonds. The van der Waals surface area contributed by atoms with Gasteiger partial charge < -0.3 is 9.47 Å². The number of nitrogens with one attached hydrogen (secondary N) is 1. The van der Waals surface area contributed by atoms with Gasteiger partial charge in [0.05, 0.1) is 18.2 Å². The number of benzene rings is 3. The molecule has 0 heterocycles. The minimum absolute atomic E-state index is 0.152. The zero-order valence-corrected chi connectivity index (χ0v) is 17.0. The van der Waals surface area contributed by atoms with Gasteiger partial charge in [0.2, 0.25) is 0 Å². The van der Waals surface area contributed by atoms with E-state index in [1.54, 1.807) is 37.4 Å². The van der Waals surface area contributed by atoms with Gasteiger partial charge in [-0.15, -0.1) is 0 Å². The molecular formula is C22H22N2O4S. The summed E-state index contributed by atoms with van der Waals surface area (Å²) in [7, 11) is -2.11. The molecule has 0 saturated heterocycles. The van der Waals surface area contributed by atoms with Crippen molar-refractivity contribution in [2.45, 2.75) is 18.4 Å². The van der Waals surface area contributed by atoms with Crippen molar-refractivity contribution in [3.05, 3.63) is 89.5 Å². The molecule has 0 radical (unpaired) electrons. The molecule has 0 bridgehead atoms. The number of rotatable bonds is 8. The Morgan fingerprint density at radius 2 is 1.69 bits per heavy atom. The van der Waals surface area contributed by atoms with Gasteiger partial charge >= 0.3 is 0 Å². The molecule has 3 rings (SSSR count). The Bertz CT molecular complexity index is 1100. The van der Waals surface area contributed by atoms with Crippen molar-refractivity contribution < 1.29 is 17.9 Å². The number of sulfonamides is 1. The molecule has 6 nitrogen and oxygen atoms in total. The summed E-state index contributed by atoms with van der Waals surface area (Å²) in [5.41, 5.74) is 2.58. The van der Waals surface area contributed by atoms with Crippen LogP contribution in [0, 0.1) is 6.92 Å². The zero-order valence-electron chi connectivity index (χ0n) is 16.2. The van der Waals surface area contributed by atoms with Gasteiger partial charge in [0.25, 0.3) is 10.0 Å². The first-order valence-electron chi connectivity index (χ1n) is 8.95. The van der Waals surface area contributed by atoms with E-state index in [9.17, 15) is 8.42 Å². The number of hydrazone groups is 1. The Kier molecular flexibility index (Phi) is 6.51. The molecule has 0 aliphatic heterocycles. The van der Waals surface area contributed by atoms with Gasteiger partial charge in [0.15, 0.2) is 0 Å². The molecule has 7 heteroatoms. The van der Waals surface area contributed by atoms with Crippen molar-refractivity contribution in [1.29, 1.82) is 0 Å². The van der Waals surface area contributed by atoms with Crippen LogP contribution in [-0.4, -0.2) is 21.7 Å². The number of aryl methyl sites for hydroxylation is 1. The number of methoxy groups -OCH3 is 1. The largest absolute Gasteiger partial charge is 0.496 e. The van der Waals surface area contributed by atoms with E-state index in [1.165, 1.54) is 18.3 Å². The molecule has 0 fully saturated rings. The van der Waals surface area contributed by atoms with Crippen molar-refractivity contribution in [1.82, 2.24) is 4.83 Å². The summed E-state index contributed by atoms with van der Waals surface area (Å²) in [6, 6.07) is 21.3. The molecule has 0 aromatic heterocycles. The normalized spacial score (nSPS) is 11.4. The second kappa shape index (κ2) is 9.25. The predicted octanol–water partition coefficient (Wildman–Crippen LogP) is 3.90. The van der Waals surface area contributed by atoms with Crippen molar-refractivity contribution in [3.8, 4) is 11.5 Å². The van der Waals surface area contributed by atoms with Gasteiger partial charge in [-0.2, -0.15) is 13.5 Å². The maximum Gasteiger partial charge on any atom is 0.276 e. The van der Waals surface area contributed by atoms with Crippen LogP contribution in [-0.2, 0) is 16.6 Å². The standard InChI is InChI=1S/C22H22N2O4S/c1-17-8-6-7-11-21(17)28-16-19-14-18(12-13-22(19)27-2)15-23-24-29(25,26)20-9-4-3-5-10-20/h3-15,24H,16H2,1-2H3/b23-15-. The Morgan fingerprint density at radius 1 is 0.966 bits per heavy atom. The summed E-state index contributed by atoms with van der Waals surface area (Å²) in [5, 5.41) is 3.87. The van der Waals surface area contributed by atoms with E-state index < -0.39 is 10.0 Å². The third-order valence-electron chi connectivity index (χ3n) is 4.22. The van der Waals surface area contributed by atoms with Crippen LogP contribution in [0.1, 0.15) is 16.7 Å². The molecule has 0 saturated carbocycles. The Hall–Kier alpha value is -3.32. The van der Waals surface area contributed by atoms with Crippen LogP contribution in [0.15, 0.2) is 82.8 Å². The molecule has 150 valence electrons. The highest BCUT2D eigenvalue weighted by atomic mass is 32.2. The fourth-order valence-corrected chi connectivity index (χ4v) is 3.50. The van der Waals surface area contributed by atoms with Crippen LogP contribution < -0.4 is 14.3 Å².